The molecule has 0 aliphatic carbocycles. The topological polar surface area (TPSA) is 67.0 Å². The van der Waals surface area contributed by atoms with E-state index in [1.54, 1.807) is 0 Å². The molecule has 0 saturated carbocycles. The first-order chi connectivity index (χ1) is 32.5. The molecule has 0 radical (unpaired) electrons. The third kappa shape index (κ3) is 14.8. The Kier molecular flexibility index (Phi) is 19.0. The molecule has 0 aromatic heterocycles. The second kappa shape index (κ2) is 25.7. The number of rotatable bonds is 20. The molecule has 10 heteroatoms. The van der Waals surface area contributed by atoms with E-state index in [1.165, 1.54) is 33.4 Å². The van der Waals surface area contributed by atoms with Crippen LogP contribution in [0, 0.1) is 0 Å². The van der Waals surface area contributed by atoms with Crippen molar-refractivity contribution in [2.24, 2.45) is 0 Å². The standard InChI is InChI=1S/C57H66N4O5.ClH/c1-63-55-43-58(37-33-53(55)60(39-47-15-7-3-8-16-47)40-48-17-9-4-10-18-48)35-31-45-23-27-51(28-24-45)65-57(62)66-52-29-25-46(26-30-52)32-36-59-38-34-54(56(44-59)64-2)61(41-49-19-11-5-12-20-49)42-50-21-13-6-14-22-50;/h3-30,53-56H,31-44H2,1-2H3;1H. The first kappa shape index (κ1) is 49.5. The fourth-order valence-corrected chi connectivity index (χ4v) is 9.73. The molecule has 0 spiro atoms. The number of nitrogens with zero attached hydrogens (tertiary/aromatic N) is 4. The SMILES string of the molecule is COC1CN(CCc2ccc(OC(=O)Oc3ccc(CCN4CCC(N(Cc5ccccc5)Cc5ccccc5)C(OC)C4)cc3)cc2)CCC1N(Cc1ccccc1)Cc1ccccc1.Cl. The van der Waals surface area contributed by atoms with Crippen molar-refractivity contribution < 1.29 is 23.7 Å². The van der Waals surface area contributed by atoms with Gasteiger partial charge in [0, 0.05) is 78.7 Å². The second-order valence-electron chi connectivity index (χ2n) is 17.9. The van der Waals surface area contributed by atoms with E-state index in [9.17, 15) is 4.79 Å². The summed E-state index contributed by atoms with van der Waals surface area (Å²) in [6.45, 7) is 9.19. The van der Waals surface area contributed by atoms with Gasteiger partial charge in [-0.25, -0.2) is 4.79 Å². The van der Waals surface area contributed by atoms with Gasteiger partial charge in [-0.2, -0.15) is 0 Å². The third-order valence-corrected chi connectivity index (χ3v) is 13.4. The summed E-state index contributed by atoms with van der Waals surface area (Å²) < 4.78 is 23.5. The molecule has 2 heterocycles. The molecule has 9 nitrogen and oxygen atoms in total. The average molecular weight is 924 g/mol. The van der Waals surface area contributed by atoms with Crippen molar-refractivity contribution >= 4 is 18.6 Å². The predicted molar refractivity (Wildman–Crippen MR) is 270 cm³/mol. The van der Waals surface area contributed by atoms with E-state index in [-0.39, 0.29) is 24.6 Å². The Balaban J connectivity index is 0.00000666. The third-order valence-electron chi connectivity index (χ3n) is 13.4. The number of ether oxygens (including phenoxy) is 4. The minimum Gasteiger partial charge on any atom is -0.395 e. The molecule has 352 valence electrons. The van der Waals surface area contributed by atoms with Gasteiger partial charge in [-0.05, 0) is 96.4 Å². The Hall–Kier alpha value is -5.36. The zero-order valence-electron chi connectivity index (χ0n) is 39.1. The molecule has 0 N–H and O–H groups in total. The van der Waals surface area contributed by atoms with E-state index >= 15 is 0 Å². The Morgan fingerprint density at radius 2 is 0.776 bits per heavy atom. The van der Waals surface area contributed by atoms with Gasteiger partial charge in [0.15, 0.2) is 0 Å². The van der Waals surface area contributed by atoms with Gasteiger partial charge in [0.2, 0.25) is 0 Å². The minimum absolute atomic E-state index is 0. The van der Waals surface area contributed by atoms with E-state index in [0.717, 1.165) is 91.1 Å². The van der Waals surface area contributed by atoms with Gasteiger partial charge in [-0.1, -0.05) is 146 Å². The fourth-order valence-electron chi connectivity index (χ4n) is 9.73. The van der Waals surface area contributed by atoms with Gasteiger partial charge in [0.05, 0.1) is 12.2 Å². The summed E-state index contributed by atoms with van der Waals surface area (Å²) in [4.78, 5) is 23.0. The number of hydrogen-bond donors (Lipinski definition) is 0. The van der Waals surface area contributed by atoms with Crippen LogP contribution >= 0.6 is 12.4 Å². The summed E-state index contributed by atoms with van der Waals surface area (Å²) >= 11 is 0. The minimum atomic E-state index is -0.750. The molecule has 2 aliphatic rings. The van der Waals surface area contributed by atoms with Crippen LogP contribution in [0.3, 0.4) is 0 Å². The molecule has 0 bridgehead atoms. The van der Waals surface area contributed by atoms with Crippen LogP contribution in [-0.4, -0.2) is 104 Å². The summed E-state index contributed by atoms with van der Waals surface area (Å²) in [5.41, 5.74) is 7.64. The van der Waals surface area contributed by atoms with Crippen molar-refractivity contribution in [2.45, 2.75) is 76.2 Å². The molecular formula is C57H67ClN4O5. The van der Waals surface area contributed by atoms with Crippen LogP contribution in [0.1, 0.15) is 46.2 Å². The highest BCUT2D eigenvalue weighted by atomic mass is 35.5. The van der Waals surface area contributed by atoms with E-state index in [2.05, 4.69) is 141 Å². The number of carbonyl (C=O) groups is 1. The van der Waals surface area contributed by atoms with Gasteiger partial charge in [0.25, 0.3) is 0 Å². The van der Waals surface area contributed by atoms with Crippen molar-refractivity contribution in [3.63, 3.8) is 0 Å². The number of likely N-dealkylation sites (tertiary alicyclic amines) is 2. The monoisotopic (exact) mass is 922 g/mol. The van der Waals surface area contributed by atoms with Crippen molar-refractivity contribution in [3.05, 3.63) is 203 Å². The first-order valence-electron chi connectivity index (χ1n) is 23.7. The van der Waals surface area contributed by atoms with Crippen molar-refractivity contribution in [1.82, 2.24) is 19.6 Å². The predicted octanol–water partition coefficient (Wildman–Crippen LogP) is 10.4. The number of benzene rings is 6. The zero-order valence-corrected chi connectivity index (χ0v) is 39.9. The number of carbonyl (C=O) groups excluding carboxylic acids is 1. The maximum absolute atomic E-state index is 12.8. The lowest BCUT2D eigenvalue weighted by Crippen LogP contribution is -2.54. The first-order valence-corrected chi connectivity index (χ1v) is 23.7. The maximum atomic E-state index is 12.8. The average Bonchev–Trinajstić information content (AvgIpc) is 3.36. The molecule has 2 saturated heterocycles. The highest BCUT2D eigenvalue weighted by molar-refractivity contribution is 5.85. The van der Waals surface area contributed by atoms with E-state index in [0.29, 0.717) is 23.6 Å². The molecule has 0 amide bonds. The number of piperidine rings is 2. The molecule has 4 atom stereocenters. The highest BCUT2D eigenvalue weighted by Gasteiger charge is 2.35. The Labute approximate surface area is 404 Å². The summed E-state index contributed by atoms with van der Waals surface area (Å²) in [6.07, 6.45) is 3.32. The fraction of sp³-hybridized carbons (Fsp3) is 0.351. The van der Waals surface area contributed by atoms with E-state index in [4.69, 9.17) is 18.9 Å². The molecule has 8 rings (SSSR count). The number of halogens is 1. The normalized spacial score (nSPS) is 18.9. The van der Waals surface area contributed by atoms with Gasteiger partial charge in [0.1, 0.15) is 11.5 Å². The van der Waals surface area contributed by atoms with Crippen LogP contribution in [0.15, 0.2) is 170 Å². The Bertz CT molecular complexity index is 2080. The molecule has 6 aromatic rings. The Morgan fingerprint density at radius 3 is 1.07 bits per heavy atom. The molecule has 4 unspecified atom stereocenters. The summed E-state index contributed by atoms with van der Waals surface area (Å²) in [6, 6.07) is 59.1. The van der Waals surface area contributed by atoms with Gasteiger partial charge < -0.3 is 28.7 Å². The quantitative estimate of drug-likeness (QED) is 0.0550. The summed E-state index contributed by atoms with van der Waals surface area (Å²) in [5.74, 6) is 0.915. The van der Waals surface area contributed by atoms with Crippen molar-refractivity contribution in [2.75, 3.05) is 53.5 Å². The van der Waals surface area contributed by atoms with Crippen LogP contribution in [0.25, 0.3) is 0 Å². The van der Waals surface area contributed by atoms with Crippen LogP contribution in [-0.2, 0) is 48.5 Å². The van der Waals surface area contributed by atoms with Crippen LogP contribution in [0.4, 0.5) is 4.79 Å². The van der Waals surface area contributed by atoms with Crippen LogP contribution in [0.2, 0.25) is 0 Å². The molecule has 67 heavy (non-hydrogen) atoms. The van der Waals surface area contributed by atoms with Crippen LogP contribution in [0.5, 0.6) is 11.5 Å². The van der Waals surface area contributed by atoms with Crippen molar-refractivity contribution in [3.8, 4) is 11.5 Å². The number of methoxy groups -OCH3 is 2. The van der Waals surface area contributed by atoms with Gasteiger partial charge in [-0.15, -0.1) is 12.4 Å². The zero-order chi connectivity index (χ0) is 45.3. The van der Waals surface area contributed by atoms with E-state index < -0.39 is 6.16 Å². The summed E-state index contributed by atoms with van der Waals surface area (Å²) in [5, 5.41) is 0. The molecule has 2 aliphatic heterocycles. The van der Waals surface area contributed by atoms with E-state index in [1.807, 2.05) is 62.8 Å². The Morgan fingerprint density at radius 1 is 0.463 bits per heavy atom. The smallest absolute Gasteiger partial charge is 0.395 e. The van der Waals surface area contributed by atoms with Gasteiger partial charge in [-0.3, -0.25) is 9.80 Å². The lowest BCUT2D eigenvalue weighted by atomic mass is 9.97. The molecule has 6 aromatic carbocycles. The maximum Gasteiger partial charge on any atom is 0.519 e. The van der Waals surface area contributed by atoms with Crippen molar-refractivity contribution in [1.29, 1.82) is 0 Å². The lowest BCUT2D eigenvalue weighted by molar-refractivity contribution is -0.0433. The largest absolute Gasteiger partial charge is 0.519 e. The lowest BCUT2D eigenvalue weighted by Gasteiger charge is -2.43. The van der Waals surface area contributed by atoms with Crippen LogP contribution < -0.4 is 9.47 Å². The van der Waals surface area contributed by atoms with Gasteiger partial charge >= 0.3 is 6.16 Å². The molecular weight excluding hydrogens is 856 g/mol. The second-order valence-corrected chi connectivity index (χ2v) is 17.9. The summed E-state index contributed by atoms with van der Waals surface area (Å²) in [7, 11) is 3.70. The highest BCUT2D eigenvalue weighted by Crippen LogP contribution is 2.27. The molecule has 2 fully saturated rings. The number of hydrogen-bond acceptors (Lipinski definition) is 9.